The van der Waals surface area contributed by atoms with Crippen molar-refractivity contribution in [2.75, 3.05) is 30.3 Å². The summed E-state index contributed by atoms with van der Waals surface area (Å²) in [5.74, 6) is 1.54. The van der Waals surface area contributed by atoms with Crippen LogP contribution in [0.3, 0.4) is 0 Å². The van der Waals surface area contributed by atoms with Crippen molar-refractivity contribution in [2.24, 2.45) is 5.92 Å². The molecule has 1 saturated carbocycles. The largest absolute Gasteiger partial charge is 0.382 e. The number of hydrogen-bond acceptors (Lipinski definition) is 6. The summed E-state index contributed by atoms with van der Waals surface area (Å²) in [6.07, 6.45) is 4.29. The molecule has 6 heteroatoms. The lowest BCUT2D eigenvalue weighted by Gasteiger charge is -2.33. The maximum Gasteiger partial charge on any atom is 0.227 e. The maximum atomic E-state index is 8.80. The minimum atomic E-state index is 0.247. The summed E-state index contributed by atoms with van der Waals surface area (Å²) in [6, 6.07) is 1.97. The Hall–Kier alpha value is -1.87. The van der Waals surface area contributed by atoms with Crippen LogP contribution in [0.5, 0.6) is 0 Å². The average molecular weight is 245 g/mol. The summed E-state index contributed by atoms with van der Waals surface area (Å²) in [5, 5.41) is 8.80. The monoisotopic (exact) mass is 245 g/mol. The summed E-state index contributed by atoms with van der Waals surface area (Å²) in [4.78, 5) is 10.5. The Balaban J connectivity index is 1.77. The third kappa shape index (κ3) is 2.09. The molecule has 1 aliphatic carbocycles. The van der Waals surface area contributed by atoms with Gasteiger partial charge in [0.15, 0.2) is 0 Å². The van der Waals surface area contributed by atoms with E-state index in [0.717, 1.165) is 13.1 Å². The van der Waals surface area contributed by atoms with Gasteiger partial charge in [0.05, 0.1) is 18.9 Å². The van der Waals surface area contributed by atoms with Crippen LogP contribution in [0.25, 0.3) is 0 Å². The molecule has 1 aromatic heterocycles. The molecule has 18 heavy (non-hydrogen) atoms. The molecule has 1 aliphatic heterocycles. The predicted octanol–water partition coefficient (Wildman–Crippen LogP) is 0.546. The van der Waals surface area contributed by atoms with Crippen LogP contribution in [0.1, 0.15) is 18.4 Å². The zero-order chi connectivity index (χ0) is 12.5. The number of nitrogens with zero attached hydrogens (tertiary/aromatic N) is 4. The van der Waals surface area contributed by atoms with Gasteiger partial charge in [0.1, 0.15) is 17.5 Å². The molecule has 2 heterocycles. The van der Waals surface area contributed by atoms with Crippen LogP contribution in [0.15, 0.2) is 6.20 Å². The van der Waals surface area contributed by atoms with Crippen molar-refractivity contribution in [3.05, 3.63) is 11.8 Å². The van der Waals surface area contributed by atoms with Crippen molar-refractivity contribution < 1.29 is 4.74 Å². The van der Waals surface area contributed by atoms with E-state index in [-0.39, 0.29) is 5.82 Å². The highest BCUT2D eigenvalue weighted by Gasteiger charge is 2.35. The molecule has 1 atom stereocenters. The van der Waals surface area contributed by atoms with Gasteiger partial charge < -0.3 is 15.4 Å². The number of rotatable bonds is 2. The van der Waals surface area contributed by atoms with E-state index in [0.29, 0.717) is 30.1 Å². The summed E-state index contributed by atoms with van der Waals surface area (Å²) >= 11 is 0. The molecule has 0 bridgehead atoms. The Labute approximate surface area is 105 Å². The van der Waals surface area contributed by atoms with Gasteiger partial charge in [-0.15, -0.1) is 0 Å². The van der Waals surface area contributed by atoms with Gasteiger partial charge in [-0.2, -0.15) is 10.2 Å². The van der Waals surface area contributed by atoms with Crippen LogP contribution < -0.4 is 10.6 Å². The molecular formula is C12H15N5O. The molecule has 6 nitrogen and oxygen atoms in total. The lowest BCUT2D eigenvalue weighted by atomic mass is 10.2. The fourth-order valence-corrected chi connectivity index (χ4v) is 2.23. The summed E-state index contributed by atoms with van der Waals surface area (Å²) in [7, 11) is 0. The molecule has 1 saturated heterocycles. The fraction of sp³-hybridized carbons (Fsp3) is 0.583. The fourth-order valence-electron chi connectivity index (χ4n) is 2.23. The quantitative estimate of drug-likeness (QED) is 0.818. The van der Waals surface area contributed by atoms with Crippen LogP contribution in [-0.4, -0.2) is 35.8 Å². The Morgan fingerprint density at radius 1 is 1.50 bits per heavy atom. The number of anilines is 2. The second-order valence-corrected chi connectivity index (χ2v) is 4.77. The molecule has 0 radical (unpaired) electrons. The normalized spacial score (nSPS) is 23.7. The van der Waals surface area contributed by atoms with E-state index in [2.05, 4.69) is 14.9 Å². The first-order chi connectivity index (χ1) is 8.78. The van der Waals surface area contributed by atoms with Gasteiger partial charge in [0.2, 0.25) is 5.95 Å². The Bertz CT molecular complexity index is 494. The second kappa shape index (κ2) is 4.42. The first kappa shape index (κ1) is 11.2. The smallest absolute Gasteiger partial charge is 0.227 e. The Morgan fingerprint density at radius 3 is 3.00 bits per heavy atom. The van der Waals surface area contributed by atoms with Gasteiger partial charge in [-0.05, 0) is 18.8 Å². The summed E-state index contributed by atoms with van der Waals surface area (Å²) in [6.45, 7) is 2.29. The minimum Gasteiger partial charge on any atom is -0.382 e. The molecule has 3 rings (SSSR count). The van der Waals surface area contributed by atoms with Crippen LogP contribution >= 0.6 is 0 Å². The number of nitrogens with two attached hydrogens (primary N) is 1. The predicted molar refractivity (Wildman–Crippen MR) is 65.8 cm³/mol. The Morgan fingerprint density at radius 2 is 2.33 bits per heavy atom. The van der Waals surface area contributed by atoms with E-state index in [1.54, 1.807) is 0 Å². The van der Waals surface area contributed by atoms with Crippen molar-refractivity contribution in [3.63, 3.8) is 0 Å². The van der Waals surface area contributed by atoms with Crippen molar-refractivity contribution >= 4 is 11.8 Å². The highest BCUT2D eigenvalue weighted by atomic mass is 16.5. The Kier molecular flexibility index (Phi) is 2.76. The van der Waals surface area contributed by atoms with Crippen LogP contribution in [0.4, 0.5) is 11.8 Å². The molecule has 0 spiro atoms. The molecule has 1 aromatic rings. The summed E-state index contributed by atoms with van der Waals surface area (Å²) < 4.78 is 5.75. The molecule has 0 aromatic carbocycles. The highest BCUT2D eigenvalue weighted by molar-refractivity contribution is 5.50. The molecule has 2 aliphatic rings. The van der Waals surface area contributed by atoms with Crippen molar-refractivity contribution in [3.8, 4) is 6.07 Å². The molecule has 2 fully saturated rings. The molecule has 1 unspecified atom stereocenters. The number of nitriles is 1. The van der Waals surface area contributed by atoms with E-state index in [1.165, 1.54) is 19.0 Å². The second-order valence-electron chi connectivity index (χ2n) is 4.77. The third-order valence-electron chi connectivity index (χ3n) is 3.45. The third-order valence-corrected chi connectivity index (χ3v) is 3.45. The van der Waals surface area contributed by atoms with Gasteiger partial charge in [-0.3, -0.25) is 0 Å². The lowest BCUT2D eigenvalue weighted by molar-refractivity contribution is 0.0258. The molecule has 0 amide bonds. The van der Waals surface area contributed by atoms with Crippen LogP contribution in [0, 0.1) is 17.2 Å². The van der Waals surface area contributed by atoms with Gasteiger partial charge in [-0.1, -0.05) is 0 Å². The van der Waals surface area contributed by atoms with Gasteiger partial charge in [0, 0.05) is 13.1 Å². The number of ether oxygens (including phenoxy) is 1. The van der Waals surface area contributed by atoms with E-state index in [1.807, 2.05) is 6.07 Å². The topological polar surface area (TPSA) is 88.1 Å². The van der Waals surface area contributed by atoms with Crippen LogP contribution in [-0.2, 0) is 4.74 Å². The maximum absolute atomic E-state index is 8.80. The zero-order valence-electron chi connectivity index (χ0n) is 10.0. The number of aromatic nitrogens is 2. The highest BCUT2D eigenvalue weighted by Crippen LogP contribution is 2.36. The van der Waals surface area contributed by atoms with Crippen molar-refractivity contribution in [2.45, 2.75) is 18.9 Å². The van der Waals surface area contributed by atoms with Gasteiger partial charge in [0.25, 0.3) is 0 Å². The molecule has 94 valence electrons. The molecule has 2 N–H and O–H groups in total. The van der Waals surface area contributed by atoms with Gasteiger partial charge >= 0.3 is 0 Å². The minimum absolute atomic E-state index is 0.247. The first-order valence-corrected chi connectivity index (χ1v) is 6.17. The van der Waals surface area contributed by atoms with E-state index in [4.69, 9.17) is 15.7 Å². The zero-order valence-corrected chi connectivity index (χ0v) is 10.0. The van der Waals surface area contributed by atoms with Crippen molar-refractivity contribution in [1.29, 1.82) is 5.26 Å². The number of morpholine rings is 1. The summed E-state index contributed by atoms with van der Waals surface area (Å²) in [5.41, 5.74) is 6.04. The van der Waals surface area contributed by atoms with E-state index in [9.17, 15) is 0 Å². The van der Waals surface area contributed by atoms with Crippen molar-refractivity contribution in [1.82, 2.24) is 9.97 Å². The first-order valence-electron chi connectivity index (χ1n) is 6.17. The average Bonchev–Trinajstić information content (AvgIpc) is 3.23. The van der Waals surface area contributed by atoms with Gasteiger partial charge in [-0.25, -0.2) is 4.98 Å². The standard InChI is InChI=1S/C12H15N5O/c13-5-9-6-15-12(16-11(9)14)17-3-4-18-10(7-17)8-1-2-8/h6,8,10H,1-4,7H2,(H2,14,15,16). The molecular weight excluding hydrogens is 230 g/mol. The number of nitrogen functional groups attached to an aromatic ring is 1. The number of hydrogen-bond donors (Lipinski definition) is 1. The lowest BCUT2D eigenvalue weighted by Crippen LogP contribution is -2.44. The SMILES string of the molecule is N#Cc1cnc(N2CCOC(C3CC3)C2)nc1N. The van der Waals surface area contributed by atoms with Crippen LogP contribution in [0.2, 0.25) is 0 Å². The van der Waals surface area contributed by atoms with E-state index < -0.39 is 0 Å². The van der Waals surface area contributed by atoms with E-state index >= 15 is 0 Å².